The van der Waals surface area contributed by atoms with Gasteiger partial charge in [-0.1, -0.05) is 15.9 Å². The lowest BCUT2D eigenvalue weighted by molar-refractivity contribution is 0.559. The third-order valence-electron chi connectivity index (χ3n) is 3.24. The van der Waals surface area contributed by atoms with E-state index in [0.29, 0.717) is 0 Å². The Kier molecular flexibility index (Phi) is 4.24. The highest BCUT2D eigenvalue weighted by Crippen LogP contribution is 2.18. The molecular weight excluding hydrogens is 264 g/mol. The summed E-state index contributed by atoms with van der Waals surface area (Å²) in [6.45, 7) is 2.33. The monoisotopic (exact) mass is 282 g/mol. The number of hydrogen-bond donors (Lipinski definition) is 1. The van der Waals surface area contributed by atoms with E-state index in [9.17, 15) is 0 Å². The van der Waals surface area contributed by atoms with Crippen LogP contribution in [0.5, 0.6) is 0 Å². The van der Waals surface area contributed by atoms with Crippen molar-refractivity contribution in [1.82, 2.24) is 5.32 Å². The molecule has 0 spiro atoms. The highest BCUT2D eigenvalue weighted by atomic mass is 79.9. The zero-order valence-corrected chi connectivity index (χ0v) is 11.3. The molecule has 0 bridgehead atoms. The molecule has 2 rings (SSSR count). The third-order valence-corrected chi connectivity index (χ3v) is 3.77. The quantitative estimate of drug-likeness (QED) is 0.913. The molecule has 1 N–H and O–H groups in total. The Morgan fingerprint density at radius 1 is 1.38 bits per heavy atom. The minimum atomic E-state index is 0.734. The normalized spacial score (nSPS) is 20.0. The topological polar surface area (TPSA) is 15.3 Å². The van der Waals surface area contributed by atoms with E-state index < -0.39 is 0 Å². The molecule has 1 aliphatic rings. The Balaban J connectivity index is 1.82. The minimum Gasteiger partial charge on any atom is -0.375 e. The van der Waals surface area contributed by atoms with Gasteiger partial charge in [0.1, 0.15) is 0 Å². The van der Waals surface area contributed by atoms with Gasteiger partial charge in [-0.25, -0.2) is 0 Å². The molecule has 88 valence electrons. The fourth-order valence-corrected chi connectivity index (χ4v) is 2.44. The van der Waals surface area contributed by atoms with Gasteiger partial charge in [-0.2, -0.15) is 0 Å². The van der Waals surface area contributed by atoms with Crippen molar-refractivity contribution in [3.63, 3.8) is 0 Å². The van der Waals surface area contributed by atoms with Gasteiger partial charge in [0.25, 0.3) is 0 Å². The summed E-state index contributed by atoms with van der Waals surface area (Å²) in [4.78, 5) is 2.33. The first kappa shape index (κ1) is 11.9. The SMILES string of the molecule is CN(CCC1CCCN1)c1ccc(Br)cc1. The van der Waals surface area contributed by atoms with Gasteiger partial charge in [0.2, 0.25) is 0 Å². The second-order valence-corrected chi connectivity index (χ2v) is 5.40. The van der Waals surface area contributed by atoms with Crippen molar-refractivity contribution in [3.05, 3.63) is 28.7 Å². The maximum Gasteiger partial charge on any atom is 0.0364 e. The lowest BCUT2D eigenvalue weighted by atomic mass is 10.1. The first-order valence-corrected chi connectivity index (χ1v) is 6.75. The summed E-state index contributed by atoms with van der Waals surface area (Å²) < 4.78 is 1.14. The first-order chi connectivity index (χ1) is 7.75. The number of anilines is 1. The second-order valence-electron chi connectivity index (χ2n) is 4.48. The molecule has 1 aromatic carbocycles. The highest BCUT2D eigenvalue weighted by Gasteiger charge is 2.14. The average molecular weight is 283 g/mol. The molecule has 1 unspecified atom stereocenters. The van der Waals surface area contributed by atoms with Gasteiger partial charge in [0.05, 0.1) is 0 Å². The van der Waals surface area contributed by atoms with Crippen molar-refractivity contribution < 1.29 is 0 Å². The summed E-state index contributed by atoms with van der Waals surface area (Å²) in [5.74, 6) is 0. The molecule has 1 aromatic rings. The molecule has 2 nitrogen and oxygen atoms in total. The van der Waals surface area contributed by atoms with Gasteiger partial charge in [-0.3, -0.25) is 0 Å². The highest BCUT2D eigenvalue weighted by molar-refractivity contribution is 9.10. The van der Waals surface area contributed by atoms with Crippen molar-refractivity contribution in [1.29, 1.82) is 0 Å². The van der Waals surface area contributed by atoms with Crippen molar-refractivity contribution in [3.8, 4) is 0 Å². The largest absolute Gasteiger partial charge is 0.375 e. The molecule has 0 saturated carbocycles. The zero-order chi connectivity index (χ0) is 11.4. The molecule has 0 amide bonds. The summed E-state index contributed by atoms with van der Waals surface area (Å²) in [5.41, 5.74) is 1.29. The molecule has 1 fully saturated rings. The Morgan fingerprint density at radius 2 is 2.12 bits per heavy atom. The zero-order valence-electron chi connectivity index (χ0n) is 9.75. The lowest BCUT2D eigenvalue weighted by Gasteiger charge is -2.21. The Bertz CT molecular complexity index is 317. The van der Waals surface area contributed by atoms with Crippen molar-refractivity contribution >= 4 is 21.6 Å². The van der Waals surface area contributed by atoms with E-state index in [4.69, 9.17) is 0 Å². The van der Waals surface area contributed by atoms with Crippen LogP contribution >= 0.6 is 15.9 Å². The van der Waals surface area contributed by atoms with Crippen molar-refractivity contribution in [2.45, 2.75) is 25.3 Å². The first-order valence-electron chi connectivity index (χ1n) is 5.96. The molecule has 1 saturated heterocycles. The predicted molar refractivity (Wildman–Crippen MR) is 73.1 cm³/mol. The fraction of sp³-hybridized carbons (Fsp3) is 0.538. The van der Waals surface area contributed by atoms with E-state index in [1.807, 2.05) is 0 Å². The van der Waals surface area contributed by atoms with Crippen LogP contribution < -0.4 is 10.2 Å². The number of rotatable bonds is 4. The number of nitrogens with one attached hydrogen (secondary N) is 1. The Labute approximate surface area is 106 Å². The summed E-state index contributed by atoms with van der Waals surface area (Å²) >= 11 is 3.46. The molecule has 16 heavy (non-hydrogen) atoms. The maximum atomic E-state index is 3.54. The molecule has 1 heterocycles. The number of benzene rings is 1. The van der Waals surface area contributed by atoms with Crippen LogP contribution in [-0.2, 0) is 0 Å². The Hall–Kier alpha value is -0.540. The van der Waals surface area contributed by atoms with Gasteiger partial charge >= 0.3 is 0 Å². The fourth-order valence-electron chi connectivity index (χ4n) is 2.18. The lowest BCUT2D eigenvalue weighted by Crippen LogP contribution is -2.28. The molecule has 0 aliphatic carbocycles. The van der Waals surface area contributed by atoms with Crippen LogP contribution in [0.15, 0.2) is 28.7 Å². The van der Waals surface area contributed by atoms with Crippen LogP contribution in [0.1, 0.15) is 19.3 Å². The van der Waals surface area contributed by atoms with Crippen LogP contribution in [0, 0.1) is 0 Å². The summed E-state index contributed by atoms with van der Waals surface area (Å²) in [6, 6.07) is 9.25. The molecule has 0 aromatic heterocycles. The molecule has 3 heteroatoms. The van der Waals surface area contributed by atoms with Crippen LogP contribution in [0.2, 0.25) is 0 Å². The van der Waals surface area contributed by atoms with E-state index in [0.717, 1.165) is 17.1 Å². The number of nitrogens with zero attached hydrogens (tertiary/aromatic N) is 1. The van der Waals surface area contributed by atoms with E-state index in [1.54, 1.807) is 0 Å². The van der Waals surface area contributed by atoms with Gasteiger partial charge in [-0.05, 0) is 50.1 Å². The van der Waals surface area contributed by atoms with E-state index in [2.05, 4.69) is 57.5 Å². The van der Waals surface area contributed by atoms with Gasteiger partial charge in [0.15, 0.2) is 0 Å². The molecule has 1 aliphatic heterocycles. The van der Waals surface area contributed by atoms with Crippen LogP contribution in [-0.4, -0.2) is 26.2 Å². The number of hydrogen-bond acceptors (Lipinski definition) is 2. The molecule has 0 radical (unpaired) electrons. The maximum absolute atomic E-state index is 3.54. The van der Waals surface area contributed by atoms with Crippen molar-refractivity contribution in [2.75, 3.05) is 25.0 Å². The summed E-state index contributed by atoms with van der Waals surface area (Å²) in [5, 5.41) is 3.54. The van der Waals surface area contributed by atoms with Crippen molar-refractivity contribution in [2.24, 2.45) is 0 Å². The summed E-state index contributed by atoms with van der Waals surface area (Å²) in [7, 11) is 2.16. The smallest absolute Gasteiger partial charge is 0.0364 e. The van der Waals surface area contributed by atoms with Crippen LogP contribution in [0.25, 0.3) is 0 Å². The van der Waals surface area contributed by atoms with E-state index in [-0.39, 0.29) is 0 Å². The van der Waals surface area contributed by atoms with E-state index >= 15 is 0 Å². The van der Waals surface area contributed by atoms with Gasteiger partial charge in [-0.15, -0.1) is 0 Å². The van der Waals surface area contributed by atoms with E-state index in [1.165, 1.54) is 31.5 Å². The van der Waals surface area contributed by atoms with Gasteiger partial charge in [0, 0.05) is 29.8 Å². The van der Waals surface area contributed by atoms with Crippen LogP contribution in [0.4, 0.5) is 5.69 Å². The number of halogens is 1. The average Bonchev–Trinajstić information content (AvgIpc) is 2.80. The van der Waals surface area contributed by atoms with Crippen LogP contribution in [0.3, 0.4) is 0 Å². The van der Waals surface area contributed by atoms with Gasteiger partial charge < -0.3 is 10.2 Å². The summed E-state index contributed by atoms with van der Waals surface area (Å²) in [6.07, 6.45) is 3.92. The third kappa shape index (κ3) is 3.22. The minimum absolute atomic E-state index is 0.734. The predicted octanol–water partition coefficient (Wildman–Crippen LogP) is 3.03. The standard InChI is InChI=1S/C13H19BrN2/c1-16(10-8-12-3-2-9-15-12)13-6-4-11(14)5-7-13/h4-7,12,15H,2-3,8-10H2,1H3. The molecule has 1 atom stereocenters. The Morgan fingerprint density at radius 3 is 2.75 bits per heavy atom. The molecular formula is C13H19BrN2. The second kappa shape index (κ2) is 5.69.